The molecule has 0 saturated carbocycles. The zero-order chi connectivity index (χ0) is 37.0. The lowest BCUT2D eigenvalue weighted by atomic mass is 9.70. The zero-order valence-corrected chi connectivity index (χ0v) is 30.9. The molecule has 1 aromatic carbocycles. The van der Waals surface area contributed by atoms with E-state index in [0.717, 1.165) is 0 Å². The Balaban J connectivity index is 1.73. The van der Waals surface area contributed by atoms with Crippen molar-refractivity contribution in [3.8, 4) is 0 Å². The molecule has 1 aromatic rings. The van der Waals surface area contributed by atoms with Gasteiger partial charge < -0.3 is 34.4 Å². The minimum Gasteiger partial charge on any atom is -0.455 e. The Labute approximate surface area is 297 Å². The molecule has 3 amide bonds. The van der Waals surface area contributed by atoms with Gasteiger partial charge in [0.2, 0.25) is 17.7 Å². The van der Waals surface area contributed by atoms with Crippen molar-refractivity contribution in [2.75, 3.05) is 26.9 Å². The first-order chi connectivity index (χ1) is 23.6. The number of amides is 3. The van der Waals surface area contributed by atoms with Gasteiger partial charge in [0, 0.05) is 25.6 Å². The van der Waals surface area contributed by atoms with Crippen LogP contribution in [0.5, 0.6) is 0 Å². The number of fused-ring (bicyclic) bond motifs is 1. The van der Waals surface area contributed by atoms with Crippen LogP contribution >= 0.6 is 0 Å². The molecule has 276 valence electrons. The van der Waals surface area contributed by atoms with E-state index in [1.54, 1.807) is 24.0 Å². The van der Waals surface area contributed by atoms with Gasteiger partial charge in [0.1, 0.15) is 17.7 Å². The molecule has 0 radical (unpaired) electrons. The topological polar surface area (TPSA) is 135 Å². The first kappa shape index (κ1) is 39.2. The van der Waals surface area contributed by atoms with Gasteiger partial charge in [-0.3, -0.25) is 19.2 Å². The fourth-order valence-electron chi connectivity index (χ4n) is 8.63. The lowest BCUT2D eigenvalue weighted by Gasteiger charge is -2.46. The van der Waals surface area contributed by atoms with E-state index < -0.39 is 65.2 Å². The number of nitrogens with one attached hydrogen (secondary N) is 1. The molecule has 50 heavy (non-hydrogen) atoms. The number of aliphatic hydroxyl groups is 1. The Morgan fingerprint density at radius 3 is 2.42 bits per heavy atom. The van der Waals surface area contributed by atoms with Gasteiger partial charge in [0.15, 0.2) is 0 Å². The zero-order valence-electron chi connectivity index (χ0n) is 30.9. The molecule has 3 aliphatic heterocycles. The molecular weight excluding hydrogens is 638 g/mol. The number of aliphatic hydroxyl groups excluding tert-OH is 1. The highest BCUT2D eigenvalue weighted by Gasteiger charge is 2.75. The lowest BCUT2D eigenvalue weighted by Crippen LogP contribution is -2.62. The van der Waals surface area contributed by atoms with Gasteiger partial charge in [0.05, 0.1) is 43.2 Å². The summed E-state index contributed by atoms with van der Waals surface area (Å²) in [5, 5.41) is 13.3. The van der Waals surface area contributed by atoms with E-state index in [2.05, 4.69) is 39.2 Å². The number of carbonyl (C=O) groups is 4. The minimum atomic E-state index is -1.28. The fraction of sp³-hybridized carbons (Fsp3) is 0.641. The van der Waals surface area contributed by atoms with E-state index >= 15 is 0 Å². The number of ether oxygens (including phenoxy) is 3. The van der Waals surface area contributed by atoms with Gasteiger partial charge >= 0.3 is 5.97 Å². The second kappa shape index (κ2) is 15.8. The Kier molecular flexibility index (Phi) is 12.4. The van der Waals surface area contributed by atoms with Crippen LogP contribution in [0.25, 0.3) is 0 Å². The third kappa shape index (κ3) is 7.85. The summed E-state index contributed by atoms with van der Waals surface area (Å²) in [4.78, 5) is 59.9. The van der Waals surface area contributed by atoms with Crippen molar-refractivity contribution in [1.82, 2.24) is 15.1 Å². The Bertz CT molecular complexity index is 1410. The van der Waals surface area contributed by atoms with E-state index in [1.165, 1.54) is 12.0 Å². The monoisotopic (exact) mass is 695 g/mol. The summed E-state index contributed by atoms with van der Waals surface area (Å²) in [6.07, 6.45) is 3.98. The van der Waals surface area contributed by atoms with Crippen molar-refractivity contribution in [2.45, 2.75) is 115 Å². The molecule has 3 fully saturated rings. The smallest absolute Gasteiger partial charge is 0.313 e. The predicted molar refractivity (Wildman–Crippen MR) is 190 cm³/mol. The second-order valence-corrected chi connectivity index (χ2v) is 15.8. The lowest BCUT2D eigenvalue weighted by molar-refractivity contribution is -0.163. The molecule has 0 aliphatic carbocycles. The molecular formula is C39H57N3O8. The highest BCUT2D eigenvalue weighted by Crippen LogP contribution is 2.59. The standard InChI is InChI=1S/C39H57N3O8/c1-10-12-18-29(44)40-27(23-48-9)32(26-16-14-13-15-17-26)49-36(47)30-28-19-20-39(50-28)31(30)34(45)42(25(3)22-43)33(39)35(46)41(21-11-2)38(7,8)24-37(4,5)6/h10-11,13-17,25,27-28,30-33,43H,1-2,12,18-24H2,3-9H3,(H,40,44)/t25-,27-,28+,30-,31-,32-,33+,39-/m1/s1. The largest absolute Gasteiger partial charge is 0.455 e. The summed E-state index contributed by atoms with van der Waals surface area (Å²) in [7, 11) is 1.50. The van der Waals surface area contributed by atoms with Crippen LogP contribution in [0.15, 0.2) is 55.6 Å². The number of allylic oxidation sites excluding steroid dienone is 1. The molecule has 11 nitrogen and oxygen atoms in total. The average molecular weight is 696 g/mol. The number of likely N-dealkylation sites (tertiary alicyclic amines) is 1. The molecule has 11 heteroatoms. The van der Waals surface area contributed by atoms with E-state index in [-0.39, 0.29) is 43.4 Å². The first-order valence-electron chi connectivity index (χ1n) is 17.7. The van der Waals surface area contributed by atoms with Crippen molar-refractivity contribution in [2.24, 2.45) is 17.3 Å². The van der Waals surface area contributed by atoms with Crippen LogP contribution in [0.3, 0.4) is 0 Å². The number of esters is 1. The van der Waals surface area contributed by atoms with Gasteiger partial charge in [-0.05, 0) is 57.4 Å². The number of hydrogen-bond acceptors (Lipinski definition) is 8. The molecule has 0 unspecified atom stereocenters. The maximum Gasteiger partial charge on any atom is 0.313 e. The molecule has 1 spiro atoms. The van der Waals surface area contributed by atoms with E-state index in [1.807, 2.05) is 44.2 Å². The summed E-state index contributed by atoms with van der Waals surface area (Å²) in [6.45, 7) is 19.6. The number of rotatable bonds is 17. The van der Waals surface area contributed by atoms with Gasteiger partial charge in [-0.25, -0.2) is 0 Å². The third-order valence-electron chi connectivity index (χ3n) is 10.3. The maximum absolute atomic E-state index is 14.9. The summed E-state index contributed by atoms with van der Waals surface area (Å²) in [5.41, 5.74) is -1.35. The number of benzene rings is 1. The molecule has 8 atom stereocenters. The number of carbonyl (C=O) groups excluding carboxylic acids is 4. The quantitative estimate of drug-likeness (QED) is 0.182. The number of methoxy groups -OCH3 is 1. The minimum absolute atomic E-state index is 0.0609. The molecule has 3 saturated heterocycles. The van der Waals surface area contributed by atoms with Gasteiger partial charge in [-0.1, -0.05) is 63.3 Å². The molecule has 3 aliphatic rings. The summed E-state index contributed by atoms with van der Waals surface area (Å²) in [5.74, 6) is -3.59. The summed E-state index contributed by atoms with van der Waals surface area (Å²) in [6, 6.07) is 6.60. The summed E-state index contributed by atoms with van der Waals surface area (Å²) >= 11 is 0. The Morgan fingerprint density at radius 1 is 1.16 bits per heavy atom. The van der Waals surface area contributed by atoms with Crippen molar-refractivity contribution < 1.29 is 38.5 Å². The molecule has 4 rings (SSSR count). The molecule has 3 heterocycles. The van der Waals surface area contributed by atoms with Crippen LogP contribution in [0.1, 0.15) is 85.3 Å². The molecule has 2 bridgehead atoms. The van der Waals surface area contributed by atoms with Crippen LogP contribution in [0, 0.1) is 17.3 Å². The number of nitrogens with zero attached hydrogens (tertiary/aromatic N) is 2. The fourth-order valence-corrected chi connectivity index (χ4v) is 8.63. The Morgan fingerprint density at radius 2 is 1.84 bits per heavy atom. The molecule has 0 aromatic heterocycles. The highest BCUT2D eigenvalue weighted by molar-refractivity contribution is 5.98. The van der Waals surface area contributed by atoms with Crippen molar-refractivity contribution in [3.05, 3.63) is 61.2 Å². The van der Waals surface area contributed by atoms with Crippen molar-refractivity contribution >= 4 is 23.7 Å². The van der Waals surface area contributed by atoms with Gasteiger partial charge in [0.25, 0.3) is 0 Å². The third-order valence-corrected chi connectivity index (χ3v) is 10.3. The van der Waals surface area contributed by atoms with Crippen LogP contribution in [0.4, 0.5) is 0 Å². The van der Waals surface area contributed by atoms with Crippen LogP contribution in [-0.2, 0) is 33.4 Å². The van der Waals surface area contributed by atoms with E-state index in [0.29, 0.717) is 31.2 Å². The highest BCUT2D eigenvalue weighted by atomic mass is 16.6. The average Bonchev–Trinajstić information content (AvgIpc) is 3.70. The van der Waals surface area contributed by atoms with E-state index in [9.17, 15) is 24.3 Å². The second-order valence-electron chi connectivity index (χ2n) is 15.8. The van der Waals surface area contributed by atoms with Crippen molar-refractivity contribution in [1.29, 1.82) is 0 Å². The Hall–Kier alpha value is -3.54. The van der Waals surface area contributed by atoms with Crippen LogP contribution < -0.4 is 5.32 Å². The van der Waals surface area contributed by atoms with Crippen LogP contribution in [0.2, 0.25) is 0 Å². The van der Waals surface area contributed by atoms with Gasteiger partial charge in [-0.2, -0.15) is 0 Å². The van der Waals surface area contributed by atoms with E-state index in [4.69, 9.17) is 14.2 Å². The van der Waals surface area contributed by atoms with Crippen LogP contribution in [-0.4, -0.2) is 101 Å². The number of hydrogen-bond donors (Lipinski definition) is 2. The predicted octanol–water partition coefficient (Wildman–Crippen LogP) is 4.35. The summed E-state index contributed by atoms with van der Waals surface area (Å²) < 4.78 is 18.4. The molecule has 2 N–H and O–H groups in total. The maximum atomic E-state index is 14.9. The first-order valence-corrected chi connectivity index (χ1v) is 17.7. The SMILES string of the molecule is C=CCCC(=O)N[C@H](COC)[C@H](OC(=O)[C@@H]1[C@@H]2CC[C@]3(O2)[C@H](C(=O)N(CC=C)C(C)(C)CC(C)(C)C)N([C@H](C)CO)C(=O)[C@@H]13)c1ccccc1. The normalized spacial score (nSPS) is 26.2. The van der Waals surface area contributed by atoms with Crippen molar-refractivity contribution in [3.63, 3.8) is 0 Å². The van der Waals surface area contributed by atoms with Gasteiger partial charge in [-0.15, -0.1) is 13.2 Å².